The van der Waals surface area contributed by atoms with Crippen molar-refractivity contribution in [3.8, 4) is 28.1 Å². The summed E-state index contributed by atoms with van der Waals surface area (Å²) in [6.07, 6.45) is 0. The summed E-state index contributed by atoms with van der Waals surface area (Å²) in [5.74, 6) is 0.624. The second-order valence-electron chi connectivity index (χ2n) is 5.50. The molecule has 0 aliphatic heterocycles. The highest BCUT2D eigenvalue weighted by atomic mass is 19.1. The van der Waals surface area contributed by atoms with Crippen molar-refractivity contribution in [2.24, 2.45) is 0 Å². The molecule has 0 spiro atoms. The summed E-state index contributed by atoms with van der Waals surface area (Å²) < 4.78 is 19.1. The van der Waals surface area contributed by atoms with Crippen LogP contribution in [0.25, 0.3) is 33.4 Å². The Morgan fingerprint density at radius 1 is 1.04 bits per heavy atom. The van der Waals surface area contributed by atoms with Crippen molar-refractivity contribution in [2.45, 2.75) is 0 Å². The van der Waals surface area contributed by atoms with Gasteiger partial charge in [0.1, 0.15) is 17.3 Å². The van der Waals surface area contributed by atoms with Gasteiger partial charge in [-0.3, -0.25) is 5.10 Å². The Balaban J connectivity index is 2.07. The fourth-order valence-electron chi connectivity index (χ4n) is 2.83. The highest BCUT2D eigenvalue weighted by Crippen LogP contribution is 2.38. The Labute approximate surface area is 142 Å². The molecule has 4 rings (SSSR count). The number of hydrogen-bond acceptors (Lipinski definition) is 5. The third kappa shape index (κ3) is 2.55. The van der Waals surface area contributed by atoms with E-state index in [0.717, 1.165) is 5.56 Å². The van der Waals surface area contributed by atoms with Gasteiger partial charge in [0, 0.05) is 11.1 Å². The molecular weight excluding hydrogens is 321 g/mol. The Morgan fingerprint density at radius 3 is 2.64 bits per heavy atom. The Bertz CT molecular complexity index is 1080. The van der Waals surface area contributed by atoms with Crippen LogP contribution in [0.4, 0.5) is 10.2 Å². The van der Waals surface area contributed by atoms with Crippen LogP contribution in [0.15, 0.2) is 48.5 Å². The number of aromatic amines is 1. The number of nitrogen functional groups attached to an aromatic ring is 1. The number of H-pyrrole nitrogens is 1. The lowest BCUT2D eigenvalue weighted by Gasteiger charge is -2.11. The highest BCUT2D eigenvalue weighted by Gasteiger charge is 2.19. The van der Waals surface area contributed by atoms with Crippen LogP contribution >= 0.6 is 0 Å². The molecule has 0 amide bonds. The van der Waals surface area contributed by atoms with Crippen LogP contribution in [0.1, 0.15) is 0 Å². The number of aromatic nitrogens is 4. The molecule has 7 heteroatoms. The average Bonchev–Trinajstić information content (AvgIpc) is 3.02. The number of methoxy groups -OCH3 is 1. The predicted octanol–water partition coefficient (Wildman–Crippen LogP) is 3.42. The number of hydrogen-bond donors (Lipinski definition) is 2. The summed E-state index contributed by atoms with van der Waals surface area (Å²) in [5.41, 5.74) is 9.15. The number of anilines is 1. The van der Waals surface area contributed by atoms with Crippen molar-refractivity contribution >= 4 is 16.9 Å². The van der Waals surface area contributed by atoms with Gasteiger partial charge in [-0.1, -0.05) is 24.3 Å². The van der Waals surface area contributed by atoms with Gasteiger partial charge < -0.3 is 10.5 Å². The normalized spacial score (nSPS) is 11.0. The maximum absolute atomic E-state index is 13.8. The number of benzene rings is 2. The number of nitrogens with zero attached hydrogens (tertiary/aromatic N) is 3. The van der Waals surface area contributed by atoms with Crippen molar-refractivity contribution in [1.82, 2.24) is 20.4 Å². The van der Waals surface area contributed by atoms with Gasteiger partial charge in [0.15, 0.2) is 11.5 Å². The summed E-state index contributed by atoms with van der Waals surface area (Å²) in [4.78, 5) is 0. The smallest absolute Gasteiger partial charge is 0.180 e. The van der Waals surface area contributed by atoms with Gasteiger partial charge in [0.25, 0.3) is 0 Å². The molecule has 0 saturated heterocycles. The summed E-state index contributed by atoms with van der Waals surface area (Å²) >= 11 is 0. The number of ether oxygens (including phenoxy) is 1. The fourth-order valence-corrected chi connectivity index (χ4v) is 2.83. The zero-order chi connectivity index (χ0) is 17.4. The molecule has 2 heterocycles. The molecule has 3 N–H and O–H groups in total. The standard InChI is InChI=1S/C18H14FN5O/c1-25-13-7-3-5-11(9-13)16-14(10-4-2-6-12(19)8-10)15-17(20)22-24-18(15)23-21-16/h2-9H,1H3,(H3,20,22,23,24). The van der Waals surface area contributed by atoms with Crippen LogP contribution < -0.4 is 10.5 Å². The molecule has 2 aromatic heterocycles. The molecule has 2 aromatic carbocycles. The van der Waals surface area contributed by atoms with E-state index in [-0.39, 0.29) is 11.6 Å². The first kappa shape index (κ1) is 15.1. The van der Waals surface area contributed by atoms with Crippen LogP contribution in [0, 0.1) is 5.82 Å². The van der Waals surface area contributed by atoms with Crippen molar-refractivity contribution < 1.29 is 9.13 Å². The lowest BCUT2D eigenvalue weighted by molar-refractivity contribution is 0.415. The van der Waals surface area contributed by atoms with E-state index in [0.29, 0.717) is 33.6 Å². The van der Waals surface area contributed by atoms with Crippen molar-refractivity contribution in [3.63, 3.8) is 0 Å². The minimum atomic E-state index is -0.346. The minimum absolute atomic E-state index is 0.285. The quantitative estimate of drug-likeness (QED) is 0.599. The van der Waals surface area contributed by atoms with Gasteiger partial charge in [-0.15, -0.1) is 10.2 Å². The molecule has 4 aromatic rings. The SMILES string of the molecule is COc1cccc(-c2nnc3[nH]nc(N)c3c2-c2cccc(F)c2)c1. The minimum Gasteiger partial charge on any atom is -0.497 e. The Kier molecular flexibility index (Phi) is 3.53. The first-order valence-electron chi connectivity index (χ1n) is 7.58. The Morgan fingerprint density at radius 2 is 1.84 bits per heavy atom. The lowest BCUT2D eigenvalue weighted by atomic mass is 9.97. The van der Waals surface area contributed by atoms with E-state index in [1.807, 2.05) is 24.3 Å². The molecule has 0 aliphatic rings. The molecule has 0 bridgehead atoms. The zero-order valence-corrected chi connectivity index (χ0v) is 13.3. The first-order chi connectivity index (χ1) is 12.2. The van der Waals surface area contributed by atoms with E-state index >= 15 is 0 Å². The zero-order valence-electron chi connectivity index (χ0n) is 13.3. The van der Waals surface area contributed by atoms with Crippen LogP contribution in [0.5, 0.6) is 5.75 Å². The molecule has 0 saturated carbocycles. The summed E-state index contributed by atoms with van der Waals surface area (Å²) in [7, 11) is 1.59. The van der Waals surface area contributed by atoms with E-state index in [1.165, 1.54) is 12.1 Å². The van der Waals surface area contributed by atoms with Crippen molar-refractivity contribution in [1.29, 1.82) is 0 Å². The highest BCUT2D eigenvalue weighted by molar-refractivity contribution is 6.04. The summed E-state index contributed by atoms with van der Waals surface area (Å²) in [6.45, 7) is 0. The molecule has 0 atom stereocenters. The average molecular weight is 335 g/mol. The second-order valence-corrected chi connectivity index (χ2v) is 5.50. The van der Waals surface area contributed by atoms with Crippen LogP contribution in [-0.2, 0) is 0 Å². The van der Waals surface area contributed by atoms with Gasteiger partial charge in [0.05, 0.1) is 12.5 Å². The second kappa shape index (κ2) is 5.86. The molecule has 0 aliphatic carbocycles. The van der Waals surface area contributed by atoms with Gasteiger partial charge in [0.2, 0.25) is 0 Å². The van der Waals surface area contributed by atoms with Crippen LogP contribution in [0.3, 0.4) is 0 Å². The third-order valence-electron chi connectivity index (χ3n) is 3.97. The van der Waals surface area contributed by atoms with Gasteiger partial charge in [-0.25, -0.2) is 4.39 Å². The summed E-state index contributed by atoms with van der Waals surface area (Å²) in [6, 6.07) is 13.7. The molecule has 6 nitrogen and oxygen atoms in total. The van der Waals surface area contributed by atoms with E-state index in [4.69, 9.17) is 10.5 Å². The molecular formula is C18H14FN5O. The Hall–Kier alpha value is -3.48. The molecule has 0 radical (unpaired) electrons. The maximum atomic E-state index is 13.8. The fraction of sp³-hybridized carbons (Fsp3) is 0.0556. The topological polar surface area (TPSA) is 89.7 Å². The number of rotatable bonds is 3. The molecule has 25 heavy (non-hydrogen) atoms. The largest absolute Gasteiger partial charge is 0.497 e. The van der Waals surface area contributed by atoms with Crippen molar-refractivity contribution in [2.75, 3.05) is 12.8 Å². The van der Waals surface area contributed by atoms with Gasteiger partial charge >= 0.3 is 0 Å². The van der Waals surface area contributed by atoms with Crippen molar-refractivity contribution in [3.05, 3.63) is 54.3 Å². The molecule has 0 fully saturated rings. The lowest BCUT2D eigenvalue weighted by Crippen LogP contribution is -1.96. The monoisotopic (exact) mass is 335 g/mol. The van der Waals surface area contributed by atoms with E-state index in [1.54, 1.807) is 19.2 Å². The first-order valence-corrected chi connectivity index (χ1v) is 7.58. The third-order valence-corrected chi connectivity index (χ3v) is 3.97. The van der Waals surface area contributed by atoms with Crippen LogP contribution in [-0.4, -0.2) is 27.5 Å². The van der Waals surface area contributed by atoms with E-state index in [2.05, 4.69) is 20.4 Å². The number of halogens is 1. The van der Waals surface area contributed by atoms with E-state index < -0.39 is 0 Å². The molecule has 124 valence electrons. The van der Waals surface area contributed by atoms with Gasteiger partial charge in [-0.05, 0) is 29.8 Å². The number of nitrogens with one attached hydrogen (secondary N) is 1. The summed E-state index contributed by atoms with van der Waals surface area (Å²) in [5, 5.41) is 15.8. The molecule has 0 unspecified atom stereocenters. The van der Waals surface area contributed by atoms with Gasteiger partial charge in [-0.2, -0.15) is 5.10 Å². The number of nitrogens with two attached hydrogens (primary N) is 1. The van der Waals surface area contributed by atoms with Crippen LogP contribution in [0.2, 0.25) is 0 Å². The maximum Gasteiger partial charge on any atom is 0.180 e. The van der Waals surface area contributed by atoms with E-state index in [9.17, 15) is 4.39 Å². The predicted molar refractivity (Wildman–Crippen MR) is 93.5 cm³/mol. The number of fused-ring (bicyclic) bond motifs is 1.